The molecule has 0 saturated carbocycles. The Kier molecular flexibility index (Phi) is 8.18. The molecular formula is C19H28N2O5S. The normalized spacial score (nSPS) is 11.1. The molecule has 0 bridgehead atoms. The maximum Gasteiger partial charge on any atom is 0.307 e. The smallest absolute Gasteiger partial charge is 0.307 e. The van der Waals surface area contributed by atoms with Crippen molar-refractivity contribution < 1.29 is 22.7 Å². The first-order chi connectivity index (χ1) is 12.5. The van der Waals surface area contributed by atoms with Crippen LogP contribution in [0, 0.1) is 34.6 Å². The molecule has 0 fully saturated rings. The first kappa shape index (κ1) is 22.9. The van der Waals surface area contributed by atoms with Gasteiger partial charge in [-0.25, -0.2) is 13.1 Å². The molecule has 0 aliphatic carbocycles. The number of ether oxygens (including phenoxy) is 1. The Morgan fingerprint density at radius 1 is 1.00 bits per heavy atom. The molecule has 0 aliphatic rings. The van der Waals surface area contributed by atoms with Crippen LogP contribution in [-0.4, -0.2) is 40.0 Å². The number of nitrogens with one attached hydrogen (secondary N) is 2. The molecule has 0 saturated heterocycles. The van der Waals surface area contributed by atoms with Crippen LogP contribution in [0.1, 0.15) is 34.2 Å². The van der Waals surface area contributed by atoms with Crippen molar-refractivity contribution in [2.24, 2.45) is 0 Å². The maximum atomic E-state index is 12.7. The molecule has 0 atom stereocenters. The Bertz CT molecular complexity index is 815. The first-order valence-electron chi connectivity index (χ1n) is 8.62. The van der Waals surface area contributed by atoms with E-state index in [4.69, 9.17) is 4.74 Å². The van der Waals surface area contributed by atoms with E-state index in [0.29, 0.717) is 11.1 Å². The zero-order valence-electron chi connectivity index (χ0n) is 16.6. The molecule has 2 N–H and O–H groups in total. The van der Waals surface area contributed by atoms with E-state index in [9.17, 15) is 18.0 Å². The third-order valence-corrected chi connectivity index (χ3v) is 6.36. The predicted octanol–water partition coefficient (Wildman–Crippen LogP) is 1.74. The molecular weight excluding hydrogens is 368 g/mol. The number of sulfonamides is 1. The van der Waals surface area contributed by atoms with E-state index in [1.54, 1.807) is 13.8 Å². The van der Waals surface area contributed by atoms with Gasteiger partial charge in [-0.2, -0.15) is 0 Å². The van der Waals surface area contributed by atoms with Crippen LogP contribution in [0.15, 0.2) is 17.6 Å². The fourth-order valence-corrected chi connectivity index (χ4v) is 4.31. The van der Waals surface area contributed by atoms with Gasteiger partial charge in [0.2, 0.25) is 10.0 Å². The minimum atomic E-state index is -3.77. The number of amides is 1. The fourth-order valence-electron chi connectivity index (χ4n) is 2.68. The van der Waals surface area contributed by atoms with Gasteiger partial charge in [-0.15, -0.1) is 6.58 Å². The van der Waals surface area contributed by atoms with E-state index >= 15 is 0 Å². The van der Waals surface area contributed by atoms with Gasteiger partial charge in [-0.05, 0) is 62.4 Å². The molecule has 0 unspecified atom stereocenters. The number of esters is 1. The highest BCUT2D eigenvalue weighted by Gasteiger charge is 2.23. The lowest BCUT2D eigenvalue weighted by molar-refractivity contribution is -0.148. The summed E-state index contributed by atoms with van der Waals surface area (Å²) in [5.41, 5.74) is 4.34. The predicted molar refractivity (Wildman–Crippen MR) is 104 cm³/mol. The quantitative estimate of drug-likeness (QED) is 0.489. The van der Waals surface area contributed by atoms with E-state index in [-0.39, 0.29) is 24.4 Å². The van der Waals surface area contributed by atoms with Crippen LogP contribution >= 0.6 is 0 Å². The molecule has 0 radical (unpaired) electrons. The number of hydrogen-bond acceptors (Lipinski definition) is 5. The molecule has 1 aromatic carbocycles. The topological polar surface area (TPSA) is 102 Å². The molecule has 27 heavy (non-hydrogen) atoms. The van der Waals surface area contributed by atoms with Gasteiger partial charge in [0.05, 0.1) is 11.3 Å². The van der Waals surface area contributed by atoms with E-state index in [1.165, 1.54) is 6.08 Å². The molecule has 1 aromatic rings. The maximum absolute atomic E-state index is 12.7. The summed E-state index contributed by atoms with van der Waals surface area (Å²) in [5, 5.41) is 2.47. The van der Waals surface area contributed by atoms with Crippen molar-refractivity contribution in [3.8, 4) is 0 Å². The van der Waals surface area contributed by atoms with Gasteiger partial charge in [0.25, 0.3) is 5.91 Å². The van der Waals surface area contributed by atoms with Gasteiger partial charge in [0.15, 0.2) is 6.61 Å². The summed E-state index contributed by atoms with van der Waals surface area (Å²) in [6, 6.07) is 0. The molecule has 8 heteroatoms. The van der Waals surface area contributed by atoms with Gasteiger partial charge in [0.1, 0.15) is 0 Å². The number of hydrogen-bond donors (Lipinski definition) is 2. The van der Waals surface area contributed by atoms with Crippen LogP contribution in [-0.2, 0) is 24.3 Å². The summed E-state index contributed by atoms with van der Waals surface area (Å²) >= 11 is 0. The van der Waals surface area contributed by atoms with Crippen molar-refractivity contribution >= 4 is 21.9 Å². The highest BCUT2D eigenvalue weighted by molar-refractivity contribution is 7.89. The Balaban J connectivity index is 2.72. The lowest BCUT2D eigenvalue weighted by Gasteiger charge is -2.19. The van der Waals surface area contributed by atoms with Gasteiger partial charge >= 0.3 is 5.97 Å². The van der Waals surface area contributed by atoms with E-state index in [2.05, 4.69) is 16.6 Å². The number of carbonyl (C=O) groups is 2. The van der Waals surface area contributed by atoms with E-state index in [0.717, 1.165) is 16.7 Å². The summed E-state index contributed by atoms with van der Waals surface area (Å²) < 4.78 is 32.7. The number of benzene rings is 1. The summed E-state index contributed by atoms with van der Waals surface area (Å²) in [6.45, 7) is 12.5. The average molecular weight is 397 g/mol. The lowest BCUT2D eigenvalue weighted by atomic mass is 9.95. The Labute approximate surface area is 161 Å². The second kappa shape index (κ2) is 9.66. The highest BCUT2D eigenvalue weighted by Crippen LogP contribution is 2.29. The second-order valence-electron chi connectivity index (χ2n) is 6.36. The van der Waals surface area contributed by atoms with Crippen molar-refractivity contribution in [1.29, 1.82) is 0 Å². The summed E-state index contributed by atoms with van der Waals surface area (Å²) in [4.78, 5) is 23.3. The molecule has 0 heterocycles. The fraction of sp³-hybridized carbons (Fsp3) is 0.474. The Morgan fingerprint density at radius 2 is 1.52 bits per heavy atom. The van der Waals surface area contributed by atoms with Crippen LogP contribution in [0.5, 0.6) is 0 Å². The molecule has 150 valence electrons. The van der Waals surface area contributed by atoms with Gasteiger partial charge in [-0.3, -0.25) is 9.59 Å². The van der Waals surface area contributed by atoms with Gasteiger partial charge in [0, 0.05) is 13.1 Å². The van der Waals surface area contributed by atoms with Crippen LogP contribution in [0.3, 0.4) is 0 Å². The minimum Gasteiger partial charge on any atom is -0.456 e. The van der Waals surface area contributed by atoms with E-state index in [1.807, 2.05) is 20.8 Å². The van der Waals surface area contributed by atoms with Crippen molar-refractivity contribution in [3.05, 3.63) is 40.5 Å². The lowest BCUT2D eigenvalue weighted by Crippen LogP contribution is -2.31. The zero-order valence-corrected chi connectivity index (χ0v) is 17.4. The van der Waals surface area contributed by atoms with E-state index < -0.39 is 28.5 Å². The van der Waals surface area contributed by atoms with Gasteiger partial charge in [-0.1, -0.05) is 6.08 Å². The van der Waals surface area contributed by atoms with Crippen LogP contribution in [0.2, 0.25) is 0 Å². The molecule has 0 aliphatic heterocycles. The van der Waals surface area contributed by atoms with Crippen molar-refractivity contribution in [2.75, 3.05) is 19.7 Å². The number of rotatable bonds is 9. The minimum absolute atomic E-state index is 0.111. The molecule has 1 rings (SSSR count). The summed E-state index contributed by atoms with van der Waals surface area (Å²) in [7, 11) is -3.77. The monoisotopic (exact) mass is 396 g/mol. The summed E-state index contributed by atoms with van der Waals surface area (Å²) in [5.74, 6) is -1.10. The number of carbonyl (C=O) groups excluding carboxylic acids is 2. The average Bonchev–Trinajstić information content (AvgIpc) is 2.61. The molecule has 0 aromatic heterocycles. The third kappa shape index (κ3) is 5.90. The first-order valence-corrected chi connectivity index (χ1v) is 10.1. The van der Waals surface area contributed by atoms with Crippen molar-refractivity contribution in [3.63, 3.8) is 0 Å². The van der Waals surface area contributed by atoms with Crippen LogP contribution < -0.4 is 10.0 Å². The van der Waals surface area contributed by atoms with Gasteiger partial charge < -0.3 is 10.1 Å². The second-order valence-corrected chi connectivity index (χ2v) is 8.06. The highest BCUT2D eigenvalue weighted by atomic mass is 32.2. The molecule has 1 amide bonds. The summed E-state index contributed by atoms with van der Waals surface area (Å²) in [6.07, 6.45) is 1.34. The standard InChI is InChI=1S/C19H28N2O5S/c1-7-9-20-17(22)11-26-18(23)8-10-21-27(24,25)19-15(5)13(3)12(2)14(4)16(19)6/h7,21H,1,8-11H2,2-6H3,(H,20,22). The Hall–Kier alpha value is -2.19. The van der Waals surface area contributed by atoms with Crippen LogP contribution in [0.4, 0.5) is 0 Å². The molecule has 0 spiro atoms. The largest absolute Gasteiger partial charge is 0.456 e. The van der Waals surface area contributed by atoms with Crippen LogP contribution in [0.25, 0.3) is 0 Å². The van der Waals surface area contributed by atoms with Crippen molar-refractivity contribution in [1.82, 2.24) is 10.0 Å². The Morgan fingerprint density at radius 3 is 2.04 bits per heavy atom. The third-order valence-electron chi connectivity index (χ3n) is 4.63. The molecule has 7 nitrogen and oxygen atoms in total. The van der Waals surface area contributed by atoms with Crippen molar-refractivity contribution in [2.45, 2.75) is 45.9 Å². The zero-order chi connectivity index (χ0) is 20.8. The SMILES string of the molecule is C=CCNC(=O)COC(=O)CCNS(=O)(=O)c1c(C)c(C)c(C)c(C)c1C.